The molecule has 3 rings (SSSR count). The number of halogens is 1. The van der Waals surface area contributed by atoms with Gasteiger partial charge in [-0.2, -0.15) is 0 Å². The summed E-state index contributed by atoms with van der Waals surface area (Å²) in [4.78, 5) is 11.1. The molecule has 0 fully saturated rings. The molecule has 0 atom stereocenters. The Morgan fingerprint density at radius 2 is 1.89 bits per heavy atom. The molecule has 0 aliphatic heterocycles. The van der Waals surface area contributed by atoms with Crippen LogP contribution in [0.4, 0.5) is 15.9 Å². The van der Waals surface area contributed by atoms with Gasteiger partial charge in [0.1, 0.15) is 24.0 Å². The van der Waals surface area contributed by atoms with Crippen LogP contribution in [-0.2, 0) is 4.79 Å². The zero-order valence-electron chi connectivity index (χ0n) is 14.8. The van der Waals surface area contributed by atoms with Crippen molar-refractivity contribution in [3.8, 4) is 17.0 Å². The average molecular weight is 366 g/mol. The molecule has 0 saturated carbocycles. The molecule has 0 radical (unpaired) electrons. The Hall–Kier alpha value is -3.48. The number of carbonyl (C=O) groups is 1. The van der Waals surface area contributed by atoms with Crippen LogP contribution in [0.3, 0.4) is 0 Å². The minimum atomic E-state index is -0.285. The van der Waals surface area contributed by atoms with Crippen molar-refractivity contribution in [3.63, 3.8) is 0 Å². The van der Waals surface area contributed by atoms with Crippen LogP contribution in [0.25, 0.3) is 11.3 Å². The van der Waals surface area contributed by atoms with E-state index in [-0.39, 0.29) is 11.7 Å². The molecule has 0 spiro atoms. The molecule has 0 bridgehead atoms. The van der Waals surface area contributed by atoms with Crippen molar-refractivity contribution in [1.29, 1.82) is 0 Å². The molecule has 6 nitrogen and oxygen atoms in total. The second-order valence-corrected chi connectivity index (χ2v) is 5.79. The van der Waals surface area contributed by atoms with Crippen molar-refractivity contribution in [1.82, 2.24) is 10.2 Å². The molecule has 1 heterocycles. The largest absolute Gasteiger partial charge is 0.492 e. The zero-order valence-corrected chi connectivity index (χ0v) is 14.8. The van der Waals surface area contributed by atoms with Crippen molar-refractivity contribution in [3.05, 3.63) is 66.5 Å². The molecule has 0 aliphatic rings. The number of nitrogens with one attached hydrogen (secondary N) is 2. The first kappa shape index (κ1) is 18.3. The molecule has 2 aromatic carbocycles. The fraction of sp³-hybridized carbons (Fsp3) is 0.150. The van der Waals surface area contributed by atoms with Gasteiger partial charge in [-0.1, -0.05) is 6.07 Å². The molecule has 2 N–H and O–H groups in total. The van der Waals surface area contributed by atoms with E-state index in [2.05, 4.69) is 20.8 Å². The number of aromatic nitrogens is 2. The fourth-order valence-electron chi connectivity index (χ4n) is 2.42. The number of benzene rings is 2. The summed E-state index contributed by atoms with van der Waals surface area (Å²) in [5.74, 6) is 0.876. The third kappa shape index (κ3) is 5.50. The number of rotatable bonds is 7. The lowest BCUT2D eigenvalue weighted by Crippen LogP contribution is -2.13. The van der Waals surface area contributed by atoms with Crippen molar-refractivity contribution < 1.29 is 13.9 Å². The Balaban J connectivity index is 1.48. The molecule has 1 aromatic heterocycles. The highest BCUT2D eigenvalue weighted by Crippen LogP contribution is 2.18. The summed E-state index contributed by atoms with van der Waals surface area (Å²) in [7, 11) is 0. The molecule has 138 valence electrons. The molecule has 3 aromatic rings. The van der Waals surface area contributed by atoms with Crippen molar-refractivity contribution in [2.75, 3.05) is 23.8 Å². The van der Waals surface area contributed by atoms with Gasteiger partial charge in [0, 0.05) is 24.2 Å². The molecule has 0 saturated heterocycles. The molecule has 0 unspecified atom stereocenters. The lowest BCUT2D eigenvalue weighted by Gasteiger charge is -2.09. The van der Waals surface area contributed by atoms with Crippen LogP contribution in [-0.4, -0.2) is 29.3 Å². The van der Waals surface area contributed by atoms with Crippen LogP contribution in [0.5, 0.6) is 5.75 Å². The van der Waals surface area contributed by atoms with Gasteiger partial charge < -0.3 is 15.4 Å². The summed E-state index contributed by atoms with van der Waals surface area (Å²) >= 11 is 0. The van der Waals surface area contributed by atoms with Crippen LogP contribution >= 0.6 is 0 Å². The summed E-state index contributed by atoms with van der Waals surface area (Å²) < 4.78 is 18.6. The lowest BCUT2D eigenvalue weighted by atomic mass is 10.1. The normalized spacial score (nSPS) is 10.3. The third-order valence-electron chi connectivity index (χ3n) is 3.64. The van der Waals surface area contributed by atoms with Gasteiger partial charge in [0.05, 0.1) is 12.2 Å². The van der Waals surface area contributed by atoms with E-state index in [1.807, 2.05) is 24.3 Å². The quantitative estimate of drug-likeness (QED) is 0.623. The van der Waals surface area contributed by atoms with E-state index in [1.165, 1.54) is 19.1 Å². The summed E-state index contributed by atoms with van der Waals surface area (Å²) in [6.45, 7) is 2.42. The summed E-state index contributed by atoms with van der Waals surface area (Å²) in [5, 5.41) is 14.1. The minimum Gasteiger partial charge on any atom is -0.492 e. The summed E-state index contributed by atoms with van der Waals surface area (Å²) in [6, 6.07) is 16.9. The predicted molar refractivity (Wildman–Crippen MR) is 102 cm³/mol. The van der Waals surface area contributed by atoms with E-state index >= 15 is 0 Å². The first-order valence-corrected chi connectivity index (χ1v) is 8.44. The van der Waals surface area contributed by atoms with E-state index in [0.717, 1.165) is 5.56 Å². The van der Waals surface area contributed by atoms with Gasteiger partial charge in [-0.05, 0) is 48.5 Å². The maximum atomic E-state index is 13.0. The van der Waals surface area contributed by atoms with Crippen molar-refractivity contribution in [2.45, 2.75) is 6.92 Å². The average Bonchev–Trinajstić information content (AvgIpc) is 2.66. The third-order valence-corrected chi connectivity index (χ3v) is 3.64. The van der Waals surface area contributed by atoms with Crippen LogP contribution in [0.15, 0.2) is 60.7 Å². The molecule has 27 heavy (non-hydrogen) atoms. The lowest BCUT2D eigenvalue weighted by molar-refractivity contribution is -0.114. The SMILES string of the molecule is CC(=O)Nc1cccc(OCCNc2ccc(-c3ccc(F)cc3)nn2)c1. The standard InChI is InChI=1S/C20H19FN4O2/c1-14(26)23-17-3-2-4-18(13-17)27-12-11-22-20-10-9-19(24-25-20)15-5-7-16(21)8-6-15/h2-10,13H,11-12H2,1H3,(H,22,25)(H,23,26). The summed E-state index contributed by atoms with van der Waals surface area (Å²) in [5.41, 5.74) is 2.17. The number of nitrogens with zero attached hydrogens (tertiary/aromatic N) is 2. The zero-order chi connectivity index (χ0) is 19.1. The predicted octanol–water partition coefficient (Wildman–Crippen LogP) is 3.73. The Labute approximate surface area is 156 Å². The van der Waals surface area contributed by atoms with Crippen molar-refractivity contribution in [2.24, 2.45) is 0 Å². The Morgan fingerprint density at radius 3 is 2.59 bits per heavy atom. The second kappa shape index (κ2) is 8.75. The van der Waals surface area contributed by atoms with Gasteiger partial charge in [0.2, 0.25) is 5.91 Å². The highest BCUT2D eigenvalue weighted by Gasteiger charge is 2.02. The van der Waals surface area contributed by atoms with Gasteiger partial charge in [-0.25, -0.2) is 4.39 Å². The van der Waals surface area contributed by atoms with Gasteiger partial charge in [0.25, 0.3) is 0 Å². The number of hydrogen-bond acceptors (Lipinski definition) is 5. The van der Waals surface area contributed by atoms with Crippen LogP contribution in [0.2, 0.25) is 0 Å². The Kier molecular flexibility index (Phi) is 5.94. The first-order chi connectivity index (χ1) is 13.1. The topological polar surface area (TPSA) is 76.1 Å². The molecule has 1 amide bonds. The van der Waals surface area contributed by atoms with Crippen LogP contribution in [0, 0.1) is 5.82 Å². The monoisotopic (exact) mass is 366 g/mol. The van der Waals surface area contributed by atoms with Gasteiger partial charge in [-0.15, -0.1) is 10.2 Å². The first-order valence-electron chi connectivity index (χ1n) is 8.44. The Morgan fingerprint density at radius 1 is 1.07 bits per heavy atom. The van der Waals surface area contributed by atoms with Crippen molar-refractivity contribution >= 4 is 17.4 Å². The molecule has 0 aliphatic carbocycles. The Bertz CT molecular complexity index is 899. The second-order valence-electron chi connectivity index (χ2n) is 5.79. The minimum absolute atomic E-state index is 0.128. The van der Waals surface area contributed by atoms with Gasteiger partial charge >= 0.3 is 0 Å². The van der Waals surface area contributed by atoms with E-state index in [1.54, 1.807) is 24.3 Å². The van der Waals surface area contributed by atoms with Crippen LogP contribution < -0.4 is 15.4 Å². The molecule has 7 heteroatoms. The van der Waals surface area contributed by atoms with E-state index in [4.69, 9.17) is 4.74 Å². The van der Waals surface area contributed by atoms with E-state index < -0.39 is 0 Å². The van der Waals surface area contributed by atoms with Crippen LogP contribution in [0.1, 0.15) is 6.92 Å². The molecular weight excluding hydrogens is 347 g/mol. The molecular formula is C20H19FN4O2. The number of ether oxygens (including phenoxy) is 1. The van der Waals surface area contributed by atoms with E-state index in [0.29, 0.717) is 36.1 Å². The number of carbonyl (C=O) groups excluding carboxylic acids is 1. The number of anilines is 2. The van der Waals surface area contributed by atoms with Gasteiger partial charge in [-0.3, -0.25) is 4.79 Å². The highest BCUT2D eigenvalue weighted by molar-refractivity contribution is 5.88. The smallest absolute Gasteiger partial charge is 0.221 e. The van der Waals surface area contributed by atoms with Gasteiger partial charge in [0.15, 0.2) is 0 Å². The highest BCUT2D eigenvalue weighted by atomic mass is 19.1. The number of amides is 1. The van der Waals surface area contributed by atoms with E-state index in [9.17, 15) is 9.18 Å². The fourth-order valence-corrected chi connectivity index (χ4v) is 2.42. The maximum Gasteiger partial charge on any atom is 0.221 e. The summed E-state index contributed by atoms with van der Waals surface area (Å²) in [6.07, 6.45) is 0. The maximum absolute atomic E-state index is 13.0. The number of hydrogen-bond donors (Lipinski definition) is 2.